The number of aromatic nitrogens is 1. The number of hydrogen-bond acceptors (Lipinski definition) is 2. The Bertz CT molecular complexity index is 432. The fourth-order valence-electron chi connectivity index (χ4n) is 3.44. The molecule has 0 amide bonds. The Morgan fingerprint density at radius 3 is 2.53 bits per heavy atom. The molecule has 0 N–H and O–H groups in total. The molecule has 2 fully saturated rings. The first-order valence-corrected chi connectivity index (χ1v) is 6.45. The van der Waals surface area contributed by atoms with Crippen molar-refractivity contribution in [3.63, 3.8) is 0 Å². The minimum atomic E-state index is -0.191. The van der Waals surface area contributed by atoms with Gasteiger partial charge in [-0.15, -0.1) is 0 Å². The summed E-state index contributed by atoms with van der Waals surface area (Å²) in [4.78, 5) is 6.38. The van der Waals surface area contributed by atoms with E-state index >= 15 is 0 Å². The lowest BCUT2D eigenvalue weighted by molar-refractivity contribution is 0.479. The minimum absolute atomic E-state index is 0.191. The molecule has 2 unspecified atom stereocenters. The smallest absolute Gasteiger partial charge is 0.146 e. The highest BCUT2D eigenvalue weighted by atomic mass is 19.1. The predicted octanol–water partition coefficient (Wildman–Crippen LogP) is 2.87. The Hall–Kier alpha value is -1.12. The van der Waals surface area contributed by atoms with Gasteiger partial charge in [0.15, 0.2) is 0 Å². The first kappa shape index (κ1) is 11.0. The molecule has 0 spiro atoms. The van der Waals surface area contributed by atoms with E-state index in [2.05, 4.69) is 23.7 Å². The van der Waals surface area contributed by atoms with Crippen LogP contribution in [0.5, 0.6) is 0 Å². The zero-order chi connectivity index (χ0) is 12.2. The van der Waals surface area contributed by atoms with Gasteiger partial charge in [-0.25, -0.2) is 4.39 Å². The molecular formula is C14H19FN2. The second kappa shape index (κ2) is 3.69. The standard InChI is InChI=1S/C14H19FN2/c1-8(2)14-11-6-17(7-12(11)14)10-4-13(15)9(3)16-5-10/h4-5,8,11-12,14H,6-7H2,1-3H3. The largest absolute Gasteiger partial charge is 0.370 e. The fourth-order valence-corrected chi connectivity index (χ4v) is 3.44. The normalized spacial score (nSPS) is 30.9. The number of rotatable bonds is 2. The van der Waals surface area contributed by atoms with Crippen LogP contribution in [-0.4, -0.2) is 18.1 Å². The van der Waals surface area contributed by atoms with E-state index < -0.39 is 0 Å². The van der Waals surface area contributed by atoms with Crippen molar-refractivity contribution in [2.45, 2.75) is 20.8 Å². The van der Waals surface area contributed by atoms with Crippen molar-refractivity contribution in [2.24, 2.45) is 23.7 Å². The molecule has 2 aliphatic rings. The molecule has 2 heterocycles. The first-order chi connectivity index (χ1) is 8.08. The van der Waals surface area contributed by atoms with Gasteiger partial charge in [-0.3, -0.25) is 4.98 Å². The maximum atomic E-state index is 13.5. The highest BCUT2D eigenvalue weighted by molar-refractivity contribution is 5.48. The predicted molar refractivity (Wildman–Crippen MR) is 66.5 cm³/mol. The molecule has 1 aromatic rings. The molecule has 92 valence electrons. The van der Waals surface area contributed by atoms with Crippen LogP contribution < -0.4 is 4.90 Å². The van der Waals surface area contributed by atoms with Crippen LogP contribution in [0.1, 0.15) is 19.5 Å². The number of halogens is 1. The quantitative estimate of drug-likeness (QED) is 0.782. The van der Waals surface area contributed by atoms with E-state index in [0.29, 0.717) is 5.69 Å². The van der Waals surface area contributed by atoms with Crippen molar-refractivity contribution in [3.05, 3.63) is 23.8 Å². The third kappa shape index (κ3) is 1.72. The lowest BCUT2D eigenvalue weighted by Crippen LogP contribution is -2.25. The summed E-state index contributed by atoms with van der Waals surface area (Å²) in [6.45, 7) is 8.48. The summed E-state index contributed by atoms with van der Waals surface area (Å²) >= 11 is 0. The molecule has 1 aliphatic heterocycles. The van der Waals surface area contributed by atoms with Crippen molar-refractivity contribution in [3.8, 4) is 0 Å². The van der Waals surface area contributed by atoms with Gasteiger partial charge in [0.1, 0.15) is 5.82 Å². The van der Waals surface area contributed by atoms with Crippen molar-refractivity contribution < 1.29 is 4.39 Å². The monoisotopic (exact) mass is 234 g/mol. The summed E-state index contributed by atoms with van der Waals surface area (Å²) in [7, 11) is 0. The van der Waals surface area contributed by atoms with Gasteiger partial charge < -0.3 is 4.90 Å². The molecule has 17 heavy (non-hydrogen) atoms. The summed E-state index contributed by atoms with van der Waals surface area (Å²) in [5.74, 6) is 3.16. The Morgan fingerprint density at radius 2 is 2.00 bits per heavy atom. The third-order valence-corrected chi connectivity index (χ3v) is 4.41. The SMILES string of the molecule is Cc1ncc(N2CC3C(C2)C3C(C)C)cc1F. The Morgan fingerprint density at radius 1 is 1.35 bits per heavy atom. The number of nitrogens with zero attached hydrogens (tertiary/aromatic N) is 2. The number of aryl methyl sites for hydroxylation is 1. The van der Waals surface area contributed by atoms with Crippen LogP contribution in [0.4, 0.5) is 10.1 Å². The fraction of sp³-hybridized carbons (Fsp3) is 0.643. The molecule has 1 saturated carbocycles. The van der Waals surface area contributed by atoms with Crippen molar-refractivity contribution in [2.75, 3.05) is 18.0 Å². The van der Waals surface area contributed by atoms with E-state index in [0.717, 1.165) is 42.4 Å². The van der Waals surface area contributed by atoms with Gasteiger partial charge in [0.25, 0.3) is 0 Å². The first-order valence-electron chi connectivity index (χ1n) is 6.45. The Balaban J connectivity index is 1.71. The zero-order valence-electron chi connectivity index (χ0n) is 10.7. The molecule has 0 aromatic carbocycles. The summed E-state index contributed by atoms with van der Waals surface area (Å²) in [5.41, 5.74) is 1.43. The second-order valence-electron chi connectivity index (χ2n) is 5.81. The second-order valence-corrected chi connectivity index (χ2v) is 5.81. The van der Waals surface area contributed by atoms with Crippen LogP contribution in [0.15, 0.2) is 12.3 Å². The summed E-state index contributed by atoms with van der Waals surface area (Å²) in [6, 6.07) is 1.62. The highest BCUT2D eigenvalue weighted by Gasteiger charge is 2.56. The van der Waals surface area contributed by atoms with Gasteiger partial charge >= 0.3 is 0 Å². The zero-order valence-corrected chi connectivity index (χ0v) is 10.7. The van der Waals surface area contributed by atoms with Crippen LogP contribution in [0.2, 0.25) is 0 Å². The van der Waals surface area contributed by atoms with E-state index in [9.17, 15) is 4.39 Å². The van der Waals surface area contributed by atoms with Crippen molar-refractivity contribution in [1.29, 1.82) is 0 Å². The molecule has 1 aromatic heterocycles. The highest BCUT2D eigenvalue weighted by Crippen LogP contribution is 2.55. The average Bonchev–Trinajstić information content (AvgIpc) is 2.79. The number of fused-ring (bicyclic) bond motifs is 1. The van der Waals surface area contributed by atoms with Gasteiger partial charge in [0.2, 0.25) is 0 Å². The van der Waals surface area contributed by atoms with Crippen LogP contribution in [0.3, 0.4) is 0 Å². The van der Waals surface area contributed by atoms with Crippen molar-refractivity contribution >= 4 is 5.69 Å². The number of hydrogen-bond donors (Lipinski definition) is 0. The Labute approximate surface area is 102 Å². The molecule has 2 nitrogen and oxygen atoms in total. The van der Waals surface area contributed by atoms with Gasteiger partial charge in [0.05, 0.1) is 17.6 Å². The maximum Gasteiger partial charge on any atom is 0.146 e. The summed E-state index contributed by atoms with van der Waals surface area (Å²) < 4.78 is 13.5. The Kier molecular flexibility index (Phi) is 2.39. The molecule has 0 radical (unpaired) electrons. The van der Waals surface area contributed by atoms with E-state index in [1.54, 1.807) is 19.2 Å². The van der Waals surface area contributed by atoms with Gasteiger partial charge in [-0.1, -0.05) is 13.8 Å². The van der Waals surface area contributed by atoms with E-state index in [-0.39, 0.29) is 5.82 Å². The lowest BCUT2D eigenvalue weighted by Gasteiger charge is -2.22. The molecular weight excluding hydrogens is 215 g/mol. The molecule has 2 atom stereocenters. The van der Waals surface area contributed by atoms with Crippen LogP contribution >= 0.6 is 0 Å². The minimum Gasteiger partial charge on any atom is -0.370 e. The van der Waals surface area contributed by atoms with Crippen LogP contribution in [0.25, 0.3) is 0 Å². The third-order valence-electron chi connectivity index (χ3n) is 4.41. The topological polar surface area (TPSA) is 16.1 Å². The van der Waals surface area contributed by atoms with Gasteiger partial charge in [-0.2, -0.15) is 0 Å². The van der Waals surface area contributed by atoms with E-state index in [1.165, 1.54) is 0 Å². The van der Waals surface area contributed by atoms with Crippen LogP contribution in [-0.2, 0) is 0 Å². The molecule has 3 rings (SSSR count). The number of piperidine rings is 1. The number of anilines is 1. The van der Waals surface area contributed by atoms with E-state index in [4.69, 9.17) is 0 Å². The summed E-state index contributed by atoms with van der Waals surface area (Å²) in [5, 5.41) is 0. The summed E-state index contributed by atoms with van der Waals surface area (Å²) in [6.07, 6.45) is 1.80. The van der Waals surface area contributed by atoms with Gasteiger partial charge in [-0.05, 0) is 30.6 Å². The molecule has 3 heteroatoms. The number of pyridine rings is 1. The van der Waals surface area contributed by atoms with Crippen LogP contribution in [0, 0.1) is 36.4 Å². The molecule has 1 saturated heterocycles. The van der Waals surface area contributed by atoms with E-state index in [1.807, 2.05) is 0 Å². The van der Waals surface area contributed by atoms with Crippen molar-refractivity contribution in [1.82, 2.24) is 4.98 Å². The maximum absolute atomic E-state index is 13.5. The van der Waals surface area contributed by atoms with Gasteiger partial charge in [0, 0.05) is 19.2 Å². The molecule has 0 bridgehead atoms. The lowest BCUT2D eigenvalue weighted by atomic mass is 10.0. The molecule has 1 aliphatic carbocycles. The average molecular weight is 234 g/mol.